The van der Waals surface area contributed by atoms with Crippen molar-refractivity contribution in [2.75, 3.05) is 39.4 Å². The molecule has 0 aromatic carbocycles. The maximum atomic E-state index is 12.0. The number of rotatable bonds is 4. The van der Waals surface area contributed by atoms with E-state index in [1.165, 1.54) is 19.5 Å². The molecule has 4 nitrogen and oxygen atoms in total. The van der Waals surface area contributed by atoms with Gasteiger partial charge in [0, 0.05) is 44.7 Å². The second-order valence-corrected chi connectivity index (χ2v) is 6.72. The molecule has 1 atom stereocenters. The van der Waals surface area contributed by atoms with E-state index in [4.69, 9.17) is 0 Å². The molecule has 0 spiro atoms. The van der Waals surface area contributed by atoms with Crippen LogP contribution < -0.4 is 0 Å². The Balaban J connectivity index is 1.75. The van der Waals surface area contributed by atoms with Crippen molar-refractivity contribution in [1.82, 2.24) is 14.7 Å². The minimum Gasteiger partial charge on any atom is -0.342 e. The molecule has 0 aliphatic carbocycles. The minimum absolute atomic E-state index is 0.141. The van der Waals surface area contributed by atoms with Crippen molar-refractivity contribution >= 4 is 5.91 Å². The van der Waals surface area contributed by atoms with Crippen LogP contribution in [0.25, 0.3) is 0 Å². The normalized spacial score (nSPS) is 26.0. The third kappa shape index (κ3) is 3.69. The molecule has 4 heteroatoms. The summed E-state index contributed by atoms with van der Waals surface area (Å²) < 4.78 is 0. The minimum atomic E-state index is 0.141. The predicted octanol–water partition coefficient (Wildman–Crippen LogP) is 1.47. The van der Waals surface area contributed by atoms with Gasteiger partial charge in [0.05, 0.1) is 6.67 Å². The Labute approximate surface area is 117 Å². The summed E-state index contributed by atoms with van der Waals surface area (Å²) >= 11 is 0. The summed E-state index contributed by atoms with van der Waals surface area (Å²) in [6.07, 6.45) is 1.18. The van der Waals surface area contributed by atoms with Crippen molar-refractivity contribution in [3.8, 4) is 0 Å². The highest BCUT2D eigenvalue weighted by Gasteiger charge is 2.30. The Bertz CT molecular complexity index is 317. The van der Waals surface area contributed by atoms with Crippen LogP contribution in [-0.4, -0.2) is 66.0 Å². The van der Waals surface area contributed by atoms with Gasteiger partial charge in [-0.05, 0) is 26.2 Å². The van der Waals surface area contributed by atoms with E-state index in [0.29, 0.717) is 17.9 Å². The summed E-state index contributed by atoms with van der Waals surface area (Å²) in [6.45, 7) is 15.1. The highest BCUT2D eigenvalue weighted by molar-refractivity contribution is 5.78. The zero-order chi connectivity index (χ0) is 14.0. The fourth-order valence-electron chi connectivity index (χ4n) is 3.15. The molecule has 2 fully saturated rings. The smallest absolute Gasteiger partial charge is 0.225 e. The lowest BCUT2D eigenvalue weighted by atomic mass is 10.1. The fraction of sp³-hybridized carbons (Fsp3) is 0.933. The number of nitrogens with zero attached hydrogens (tertiary/aromatic N) is 3. The van der Waals surface area contributed by atoms with Crippen LogP contribution in [0.4, 0.5) is 0 Å². The maximum Gasteiger partial charge on any atom is 0.225 e. The zero-order valence-electron chi connectivity index (χ0n) is 12.9. The van der Waals surface area contributed by atoms with Crippen molar-refractivity contribution in [1.29, 1.82) is 0 Å². The van der Waals surface area contributed by atoms with E-state index in [1.54, 1.807) is 0 Å². The van der Waals surface area contributed by atoms with Crippen LogP contribution in [-0.2, 0) is 4.79 Å². The Morgan fingerprint density at radius 2 is 1.89 bits per heavy atom. The molecule has 0 aromatic rings. The molecule has 0 bridgehead atoms. The molecule has 0 radical (unpaired) electrons. The van der Waals surface area contributed by atoms with Crippen molar-refractivity contribution in [3.05, 3.63) is 0 Å². The van der Waals surface area contributed by atoms with E-state index < -0.39 is 0 Å². The molecule has 2 rings (SSSR count). The molecular formula is C15H29N3O. The first-order valence-corrected chi connectivity index (χ1v) is 7.72. The molecule has 0 aromatic heterocycles. The topological polar surface area (TPSA) is 26.8 Å². The Kier molecular flexibility index (Phi) is 4.85. The van der Waals surface area contributed by atoms with Crippen molar-refractivity contribution in [2.45, 2.75) is 40.2 Å². The molecule has 0 saturated carbocycles. The number of likely N-dealkylation sites (tertiary alicyclic amines) is 1. The van der Waals surface area contributed by atoms with Crippen LogP contribution in [0, 0.1) is 11.8 Å². The first-order valence-electron chi connectivity index (χ1n) is 7.72. The van der Waals surface area contributed by atoms with Crippen LogP contribution >= 0.6 is 0 Å². The fourth-order valence-corrected chi connectivity index (χ4v) is 3.15. The molecule has 2 heterocycles. The van der Waals surface area contributed by atoms with Gasteiger partial charge in [-0.1, -0.05) is 13.8 Å². The van der Waals surface area contributed by atoms with Gasteiger partial charge in [-0.15, -0.1) is 0 Å². The van der Waals surface area contributed by atoms with E-state index in [-0.39, 0.29) is 5.92 Å². The standard InChI is InChI=1S/C15H29N3O/c1-12(2)15(19)17-6-5-14(10-17)9-16-7-8-18(11-16)13(3)4/h12-14H,5-11H2,1-4H3. The van der Waals surface area contributed by atoms with E-state index in [9.17, 15) is 4.79 Å². The quantitative estimate of drug-likeness (QED) is 0.772. The van der Waals surface area contributed by atoms with Crippen molar-refractivity contribution in [3.63, 3.8) is 0 Å². The lowest BCUT2D eigenvalue weighted by Crippen LogP contribution is -2.35. The van der Waals surface area contributed by atoms with Crippen LogP contribution in [0.2, 0.25) is 0 Å². The second kappa shape index (κ2) is 6.23. The summed E-state index contributed by atoms with van der Waals surface area (Å²) in [5, 5.41) is 0. The van der Waals surface area contributed by atoms with E-state index >= 15 is 0 Å². The molecule has 0 N–H and O–H groups in total. The third-order valence-corrected chi connectivity index (χ3v) is 4.42. The summed E-state index contributed by atoms with van der Waals surface area (Å²) in [4.78, 5) is 19.1. The number of hydrogen-bond donors (Lipinski definition) is 0. The highest BCUT2D eigenvalue weighted by Crippen LogP contribution is 2.21. The van der Waals surface area contributed by atoms with E-state index in [0.717, 1.165) is 26.3 Å². The van der Waals surface area contributed by atoms with Gasteiger partial charge in [0.15, 0.2) is 0 Å². The van der Waals surface area contributed by atoms with Gasteiger partial charge in [0.1, 0.15) is 0 Å². The molecule has 2 saturated heterocycles. The number of amides is 1. The van der Waals surface area contributed by atoms with Crippen molar-refractivity contribution in [2.24, 2.45) is 11.8 Å². The van der Waals surface area contributed by atoms with Gasteiger partial charge in [0.25, 0.3) is 0 Å². The largest absolute Gasteiger partial charge is 0.342 e. The summed E-state index contributed by atoms with van der Waals surface area (Å²) in [7, 11) is 0. The number of carbonyl (C=O) groups excluding carboxylic acids is 1. The Hall–Kier alpha value is -0.610. The van der Waals surface area contributed by atoms with Crippen LogP contribution in [0.15, 0.2) is 0 Å². The summed E-state index contributed by atoms with van der Waals surface area (Å²) in [6, 6.07) is 0.646. The zero-order valence-corrected chi connectivity index (χ0v) is 12.9. The number of carbonyl (C=O) groups is 1. The van der Waals surface area contributed by atoms with Gasteiger partial charge < -0.3 is 4.90 Å². The average Bonchev–Trinajstić information content (AvgIpc) is 2.97. The molecular weight excluding hydrogens is 238 g/mol. The van der Waals surface area contributed by atoms with Gasteiger partial charge >= 0.3 is 0 Å². The van der Waals surface area contributed by atoms with Crippen LogP contribution in [0.5, 0.6) is 0 Å². The number of hydrogen-bond acceptors (Lipinski definition) is 3. The molecule has 1 amide bonds. The molecule has 1 unspecified atom stereocenters. The van der Waals surface area contributed by atoms with Gasteiger partial charge in [-0.2, -0.15) is 0 Å². The van der Waals surface area contributed by atoms with E-state index in [2.05, 4.69) is 28.5 Å². The SMILES string of the molecule is CC(C)C(=O)N1CCC(CN2CCN(C(C)C)C2)C1. The molecule has 19 heavy (non-hydrogen) atoms. The average molecular weight is 267 g/mol. The first kappa shape index (κ1) is 14.8. The highest BCUT2D eigenvalue weighted by atomic mass is 16.2. The Morgan fingerprint density at radius 3 is 2.47 bits per heavy atom. The molecule has 110 valence electrons. The summed E-state index contributed by atoms with van der Waals surface area (Å²) in [5.74, 6) is 1.14. The summed E-state index contributed by atoms with van der Waals surface area (Å²) in [5.41, 5.74) is 0. The van der Waals surface area contributed by atoms with Gasteiger partial charge in [-0.25, -0.2) is 0 Å². The second-order valence-electron chi connectivity index (χ2n) is 6.72. The lowest BCUT2D eigenvalue weighted by Gasteiger charge is -2.24. The maximum absolute atomic E-state index is 12.0. The predicted molar refractivity (Wildman–Crippen MR) is 77.8 cm³/mol. The van der Waals surface area contributed by atoms with Crippen molar-refractivity contribution < 1.29 is 4.79 Å². The van der Waals surface area contributed by atoms with Crippen LogP contribution in [0.1, 0.15) is 34.1 Å². The lowest BCUT2D eigenvalue weighted by molar-refractivity contribution is -0.133. The van der Waals surface area contributed by atoms with Gasteiger partial charge in [-0.3, -0.25) is 14.6 Å². The van der Waals surface area contributed by atoms with Gasteiger partial charge in [0.2, 0.25) is 5.91 Å². The molecule has 2 aliphatic rings. The monoisotopic (exact) mass is 267 g/mol. The first-order chi connectivity index (χ1) is 8.97. The Morgan fingerprint density at radius 1 is 1.16 bits per heavy atom. The van der Waals surface area contributed by atoms with E-state index in [1.807, 2.05) is 13.8 Å². The van der Waals surface area contributed by atoms with Crippen LogP contribution in [0.3, 0.4) is 0 Å². The molecule has 2 aliphatic heterocycles. The third-order valence-electron chi connectivity index (χ3n) is 4.42.